The van der Waals surface area contributed by atoms with Crippen molar-refractivity contribution < 1.29 is 13.2 Å². The van der Waals surface area contributed by atoms with E-state index in [1.54, 1.807) is 18.2 Å². The number of hydrogen-bond acceptors (Lipinski definition) is 4. The number of amides is 1. The first-order valence-electron chi connectivity index (χ1n) is 8.99. The minimum Gasteiger partial charge on any atom is -0.333 e. The van der Waals surface area contributed by atoms with Gasteiger partial charge >= 0.3 is 0 Å². The number of nitrogens with zero attached hydrogens (tertiary/aromatic N) is 1. The van der Waals surface area contributed by atoms with Crippen LogP contribution in [0.1, 0.15) is 26.4 Å². The van der Waals surface area contributed by atoms with Crippen LogP contribution in [0.15, 0.2) is 66.0 Å². The highest BCUT2D eigenvalue weighted by Gasteiger charge is 2.23. The molecule has 5 nitrogen and oxygen atoms in total. The van der Waals surface area contributed by atoms with Crippen LogP contribution in [-0.4, -0.2) is 25.8 Å². The van der Waals surface area contributed by atoms with E-state index in [0.717, 1.165) is 28.0 Å². The third-order valence-electron chi connectivity index (χ3n) is 4.71. The lowest BCUT2D eigenvalue weighted by Crippen LogP contribution is -2.35. The fourth-order valence-corrected chi connectivity index (χ4v) is 5.24. The lowest BCUT2D eigenvalue weighted by atomic mass is 9.99. The van der Waals surface area contributed by atoms with Crippen LogP contribution in [0, 0.1) is 0 Å². The molecular weight excluding hydrogens is 392 g/mol. The van der Waals surface area contributed by atoms with E-state index < -0.39 is 10.0 Å². The first-order chi connectivity index (χ1) is 13.5. The molecule has 0 unspecified atom stereocenters. The highest BCUT2D eigenvalue weighted by atomic mass is 32.2. The molecule has 7 heteroatoms. The fraction of sp³-hybridized carbons (Fsp3) is 0.190. The summed E-state index contributed by atoms with van der Waals surface area (Å²) >= 11 is 1.44. The number of nitrogens with one attached hydrogen (secondary N) is 1. The van der Waals surface area contributed by atoms with Crippen molar-refractivity contribution in [2.45, 2.75) is 18.7 Å². The fourth-order valence-electron chi connectivity index (χ4n) is 3.36. The molecule has 1 aliphatic rings. The second-order valence-corrected chi connectivity index (χ2v) is 9.45. The third kappa shape index (κ3) is 4.26. The highest BCUT2D eigenvalue weighted by Crippen LogP contribution is 2.25. The minimum atomic E-state index is -3.51. The molecule has 1 aromatic heterocycles. The zero-order chi connectivity index (χ0) is 19.6. The van der Waals surface area contributed by atoms with Gasteiger partial charge in [-0.1, -0.05) is 42.5 Å². The van der Waals surface area contributed by atoms with Gasteiger partial charge in [-0.2, -0.15) is 0 Å². The first kappa shape index (κ1) is 18.7. The van der Waals surface area contributed by atoms with Crippen molar-refractivity contribution >= 4 is 33.0 Å². The molecule has 144 valence electrons. The highest BCUT2D eigenvalue weighted by molar-refractivity contribution is 7.91. The van der Waals surface area contributed by atoms with Gasteiger partial charge in [-0.05, 0) is 46.7 Å². The predicted octanol–water partition coefficient (Wildman–Crippen LogP) is 3.89. The molecule has 0 saturated carbocycles. The molecule has 1 N–H and O–H groups in total. The molecular formula is C21H20N2O3S2. The summed E-state index contributed by atoms with van der Waals surface area (Å²) < 4.78 is 27.6. The Bertz CT molecular complexity index is 1080. The maximum atomic E-state index is 12.6. The van der Waals surface area contributed by atoms with Gasteiger partial charge in [-0.3, -0.25) is 9.52 Å². The van der Waals surface area contributed by atoms with Gasteiger partial charge in [0, 0.05) is 18.8 Å². The van der Waals surface area contributed by atoms with Crippen LogP contribution in [-0.2, 0) is 28.7 Å². The number of sulfonamides is 1. The van der Waals surface area contributed by atoms with Gasteiger partial charge < -0.3 is 4.90 Å². The number of carbonyl (C=O) groups is 1. The van der Waals surface area contributed by atoms with Gasteiger partial charge in [-0.15, -0.1) is 11.3 Å². The summed E-state index contributed by atoms with van der Waals surface area (Å²) in [4.78, 5) is 15.2. The van der Waals surface area contributed by atoms with Crippen molar-refractivity contribution in [3.63, 3.8) is 0 Å². The molecule has 0 atom stereocenters. The largest absolute Gasteiger partial charge is 0.333 e. The number of thiophene rings is 1. The van der Waals surface area contributed by atoms with E-state index in [4.69, 9.17) is 0 Å². The number of rotatable bonds is 5. The first-order valence-corrected chi connectivity index (χ1v) is 11.5. The number of benzene rings is 2. The van der Waals surface area contributed by atoms with Crippen LogP contribution < -0.4 is 4.72 Å². The van der Waals surface area contributed by atoms with E-state index in [9.17, 15) is 13.2 Å². The lowest BCUT2D eigenvalue weighted by molar-refractivity contribution is 0.0739. The summed E-state index contributed by atoms with van der Waals surface area (Å²) in [6.07, 6.45) is 0.767. The predicted molar refractivity (Wildman–Crippen MR) is 112 cm³/mol. The average molecular weight is 413 g/mol. The smallest absolute Gasteiger partial charge is 0.264 e. The van der Waals surface area contributed by atoms with Gasteiger partial charge in [-0.25, -0.2) is 8.42 Å². The molecule has 0 radical (unpaired) electrons. The number of carbonyl (C=O) groups excluding carboxylic acids is 1. The second-order valence-electron chi connectivity index (χ2n) is 6.78. The molecule has 0 bridgehead atoms. The lowest BCUT2D eigenvalue weighted by Gasteiger charge is -2.29. The van der Waals surface area contributed by atoms with Crippen molar-refractivity contribution in [3.05, 3.63) is 87.6 Å². The van der Waals surface area contributed by atoms with E-state index in [-0.39, 0.29) is 11.7 Å². The van der Waals surface area contributed by atoms with Crippen LogP contribution >= 0.6 is 11.3 Å². The number of anilines is 1. The van der Waals surface area contributed by atoms with Crippen LogP contribution in [0.5, 0.6) is 0 Å². The second kappa shape index (κ2) is 7.77. The molecule has 28 heavy (non-hydrogen) atoms. The maximum absolute atomic E-state index is 12.6. The number of hydrogen-bond donors (Lipinski definition) is 1. The van der Waals surface area contributed by atoms with Crippen LogP contribution in [0.2, 0.25) is 0 Å². The van der Waals surface area contributed by atoms with E-state index in [2.05, 4.69) is 4.72 Å². The molecule has 3 aromatic rings. The quantitative estimate of drug-likeness (QED) is 0.691. The molecule has 1 aliphatic heterocycles. The van der Waals surface area contributed by atoms with E-state index in [0.29, 0.717) is 18.8 Å². The zero-order valence-electron chi connectivity index (χ0n) is 15.2. The third-order valence-corrected chi connectivity index (χ3v) is 6.83. The summed E-state index contributed by atoms with van der Waals surface area (Å²) in [6.45, 7) is 1.16. The topological polar surface area (TPSA) is 66.5 Å². The molecule has 2 aromatic carbocycles. The van der Waals surface area contributed by atoms with Crippen LogP contribution in [0.3, 0.4) is 0 Å². The molecule has 0 spiro atoms. The van der Waals surface area contributed by atoms with E-state index >= 15 is 0 Å². The molecule has 4 rings (SSSR count). The Hall–Kier alpha value is -2.64. The Labute approximate surface area is 168 Å². The average Bonchev–Trinajstić information content (AvgIpc) is 3.21. The van der Waals surface area contributed by atoms with Crippen molar-refractivity contribution in [3.8, 4) is 0 Å². The Kier molecular flexibility index (Phi) is 5.19. The molecule has 0 saturated heterocycles. The SMILES string of the molecule is O=C(c1cccs1)N1CCc2ccc(NS(=O)(=O)Cc3ccccc3)cc2C1. The van der Waals surface area contributed by atoms with Gasteiger partial charge in [0.1, 0.15) is 0 Å². The molecule has 1 amide bonds. The molecule has 0 aliphatic carbocycles. The minimum absolute atomic E-state index is 0.0238. The Morgan fingerprint density at radius 1 is 1.04 bits per heavy atom. The standard InChI is InChI=1S/C21H20N2O3S2/c24-21(20-7-4-12-27-20)23-11-10-17-8-9-19(13-18(17)14-23)22-28(25,26)15-16-5-2-1-3-6-16/h1-9,12-13,22H,10-11,14-15H2. The summed E-state index contributed by atoms with van der Waals surface area (Å²) in [7, 11) is -3.51. The summed E-state index contributed by atoms with van der Waals surface area (Å²) in [6, 6.07) is 18.4. The van der Waals surface area contributed by atoms with Crippen molar-refractivity contribution in [1.29, 1.82) is 0 Å². The summed E-state index contributed by atoms with van der Waals surface area (Å²) in [5.74, 6) is -0.0517. The summed E-state index contributed by atoms with van der Waals surface area (Å²) in [5.41, 5.74) is 3.40. The maximum Gasteiger partial charge on any atom is 0.264 e. The van der Waals surface area contributed by atoms with Gasteiger partial charge in [0.25, 0.3) is 5.91 Å². The summed E-state index contributed by atoms with van der Waals surface area (Å²) in [5, 5.41) is 1.89. The molecule has 0 fully saturated rings. The van der Waals surface area contributed by atoms with Crippen LogP contribution in [0.25, 0.3) is 0 Å². The van der Waals surface area contributed by atoms with Gasteiger partial charge in [0.05, 0.1) is 10.6 Å². The normalized spacial score (nSPS) is 13.8. The van der Waals surface area contributed by atoms with Gasteiger partial charge in [0.2, 0.25) is 10.0 Å². The van der Waals surface area contributed by atoms with Crippen LogP contribution in [0.4, 0.5) is 5.69 Å². The Balaban J connectivity index is 1.49. The van der Waals surface area contributed by atoms with E-state index in [1.807, 2.05) is 52.7 Å². The monoisotopic (exact) mass is 412 g/mol. The van der Waals surface area contributed by atoms with Gasteiger partial charge in [0.15, 0.2) is 0 Å². The van der Waals surface area contributed by atoms with Crippen molar-refractivity contribution in [2.24, 2.45) is 0 Å². The molecule has 2 heterocycles. The van der Waals surface area contributed by atoms with E-state index in [1.165, 1.54) is 11.3 Å². The van der Waals surface area contributed by atoms with Crippen molar-refractivity contribution in [1.82, 2.24) is 4.90 Å². The van der Waals surface area contributed by atoms with Crippen molar-refractivity contribution in [2.75, 3.05) is 11.3 Å². The Morgan fingerprint density at radius 3 is 2.61 bits per heavy atom. The Morgan fingerprint density at radius 2 is 1.86 bits per heavy atom. The zero-order valence-corrected chi connectivity index (χ0v) is 16.8. The number of fused-ring (bicyclic) bond motifs is 1.